The molecule has 1 rings (SSSR count). The normalized spacial score (nSPS) is 21.5. The van der Waals surface area contributed by atoms with E-state index in [4.69, 9.17) is 18.5 Å². The topological polar surface area (TPSA) is 349 Å². The Balaban J connectivity index is 2.88. The van der Waals surface area contributed by atoms with Crippen molar-refractivity contribution in [2.45, 2.75) is 236 Å². The minimum atomic E-state index is -5.79. The lowest BCUT2D eigenvalue weighted by Gasteiger charge is -2.45. The van der Waals surface area contributed by atoms with Gasteiger partial charge in [-0.05, 0) is 25.0 Å². The highest BCUT2D eigenvalue weighted by Crippen LogP contribution is 2.53. The molecular formula is C42H84O22P4S. The minimum absolute atomic E-state index is 0.0504. The summed E-state index contributed by atoms with van der Waals surface area (Å²) >= 11 is 4.24. The Morgan fingerprint density at radius 3 is 1.23 bits per heavy atom. The number of ether oxygens (including phenoxy) is 2. The number of unbranched alkanes of at least 4 members (excludes halogenated alkanes) is 25. The fraction of sp³-hybridized carbons (Fsp3) is 0.952. The zero-order valence-electron chi connectivity index (χ0n) is 40.2. The molecule has 22 nitrogen and oxygen atoms in total. The molecule has 8 atom stereocenters. The highest BCUT2D eigenvalue weighted by Gasteiger charge is 2.59. The molecule has 0 saturated heterocycles. The second-order valence-electron chi connectivity index (χ2n) is 17.7. The molecule has 0 aromatic rings. The van der Waals surface area contributed by atoms with Crippen LogP contribution in [0.4, 0.5) is 0 Å². The molecule has 0 spiro atoms. The van der Waals surface area contributed by atoms with Gasteiger partial charge in [-0.2, -0.15) is 12.6 Å². The van der Waals surface area contributed by atoms with Crippen LogP contribution in [0, 0.1) is 0 Å². The average molecular weight is 1100 g/mol. The third-order valence-corrected chi connectivity index (χ3v) is 14.3. The van der Waals surface area contributed by atoms with E-state index in [1.807, 2.05) is 0 Å². The number of carbonyl (C=O) groups is 2. The van der Waals surface area contributed by atoms with Crippen molar-refractivity contribution < 1.29 is 104 Å². The highest BCUT2D eigenvalue weighted by molar-refractivity contribution is 7.80. The number of hydrogen-bond donors (Lipinski definition) is 10. The molecule has 410 valence electrons. The van der Waals surface area contributed by atoms with E-state index in [2.05, 4.69) is 33.1 Å². The second kappa shape index (κ2) is 37.4. The molecule has 0 amide bonds. The maximum absolute atomic E-state index is 13.3. The number of hydrogen-bond acceptors (Lipinski definition) is 16. The van der Waals surface area contributed by atoms with Crippen LogP contribution in [0.15, 0.2) is 0 Å². The van der Waals surface area contributed by atoms with Gasteiger partial charge in [0, 0.05) is 6.42 Å². The fourth-order valence-corrected chi connectivity index (χ4v) is 10.8. The van der Waals surface area contributed by atoms with Crippen molar-refractivity contribution >= 4 is 55.9 Å². The van der Waals surface area contributed by atoms with E-state index in [1.54, 1.807) is 0 Å². The number of aliphatic hydroxyl groups is 2. The molecule has 27 heteroatoms. The Kier molecular flexibility index (Phi) is 36.1. The molecule has 0 heterocycles. The highest BCUT2D eigenvalue weighted by atomic mass is 32.1. The Morgan fingerprint density at radius 1 is 0.478 bits per heavy atom. The monoisotopic (exact) mass is 1100 g/mol. The summed E-state index contributed by atoms with van der Waals surface area (Å²) in [6, 6.07) is 0. The van der Waals surface area contributed by atoms with E-state index in [9.17, 15) is 72.3 Å². The van der Waals surface area contributed by atoms with E-state index < -0.39 is 99.0 Å². The first-order chi connectivity index (χ1) is 32.5. The van der Waals surface area contributed by atoms with Crippen LogP contribution in [0.1, 0.15) is 193 Å². The predicted molar refractivity (Wildman–Crippen MR) is 258 cm³/mol. The SMILES string of the molecule is CCCCCCCCCCCCCCCC(=O)O[C@@H](COP(=O)(O)OC1C(O)[C@H](OP(=O)(O)O)C(OP(=O)(O)O)[C@H](OP(=O)(O)O)[C@@H]1O)CC(=O)OCCCCCCCCCCCCCCCCS. The van der Waals surface area contributed by atoms with Crippen LogP contribution in [0.5, 0.6) is 0 Å². The summed E-state index contributed by atoms with van der Waals surface area (Å²) in [5.41, 5.74) is 0. The van der Waals surface area contributed by atoms with Crippen molar-refractivity contribution in [2.24, 2.45) is 0 Å². The van der Waals surface area contributed by atoms with Gasteiger partial charge in [0.2, 0.25) is 0 Å². The van der Waals surface area contributed by atoms with Gasteiger partial charge in [-0.15, -0.1) is 0 Å². The Labute approximate surface area is 413 Å². The van der Waals surface area contributed by atoms with E-state index in [-0.39, 0.29) is 13.0 Å². The van der Waals surface area contributed by atoms with Gasteiger partial charge in [0.1, 0.15) is 42.7 Å². The van der Waals surface area contributed by atoms with Crippen LogP contribution in [0.25, 0.3) is 0 Å². The van der Waals surface area contributed by atoms with Crippen LogP contribution in [0.2, 0.25) is 0 Å². The third kappa shape index (κ3) is 35.5. The van der Waals surface area contributed by atoms with Gasteiger partial charge in [-0.1, -0.05) is 161 Å². The van der Waals surface area contributed by atoms with Crippen LogP contribution in [-0.2, 0) is 59.9 Å². The van der Waals surface area contributed by atoms with Gasteiger partial charge >= 0.3 is 43.2 Å². The largest absolute Gasteiger partial charge is 0.472 e. The molecule has 0 bridgehead atoms. The van der Waals surface area contributed by atoms with Gasteiger partial charge in [0.15, 0.2) is 0 Å². The number of esters is 2. The van der Waals surface area contributed by atoms with Crippen molar-refractivity contribution in [1.29, 1.82) is 0 Å². The number of carbonyl (C=O) groups excluding carboxylic acids is 2. The third-order valence-electron chi connectivity index (χ3n) is 11.4. The Bertz CT molecular complexity index is 1530. The van der Waals surface area contributed by atoms with Crippen molar-refractivity contribution in [2.75, 3.05) is 19.0 Å². The minimum Gasteiger partial charge on any atom is -0.466 e. The summed E-state index contributed by atoms with van der Waals surface area (Å²) in [7, 11) is -23.0. The zero-order valence-corrected chi connectivity index (χ0v) is 44.7. The summed E-state index contributed by atoms with van der Waals surface area (Å²) < 4.78 is 82.2. The number of thiol groups is 1. The summed E-state index contributed by atoms with van der Waals surface area (Å²) in [6.07, 6.45) is 10.8. The smallest absolute Gasteiger partial charge is 0.466 e. The Morgan fingerprint density at radius 2 is 0.841 bits per heavy atom. The molecule has 0 aromatic carbocycles. The van der Waals surface area contributed by atoms with Crippen LogP contribution in [0.3, 0.4) is 0 Å². The van der Waals surface area contributed by atoms with Gasteiger partial charge in [0.05, 0.1) is 19.6 Å². The number of phosphoric ester groups is 4. The maximum Gasteiger partial charge on any atom is 0.472 e. The van der Waals surface area contributed by atoms with Gasteiger partial charge in [-0.25, -0.2) is 18.3 Å². The van der Waals surface area contributed by atoms with Crippen LogP contribution < -0.4 is 0 Å². The van der Waals surface area contributed by atoms with Gasteiger partial charge in [0.25, 0.3) is 0 Å². The Hall–Kier alpha value is -0.350. The maximum atomic E-state index is 13.3. The molecular weight excluding hydrogens is 1010 g/mol. The van der Waals surface area contributed by atoms with Crippen LogP contribution in [-0.4, -0.2) is 118 Å². The first-order valence-electron chi connectivity index (χ1n) is 24.7. The summed E-state index contributed by atoms with van der Waals surface area (Å²) in [5.74, 6) is -0.658. The summed E-state index contributed by atoms with van der Waals surface area (Å²) in [6.45, 7) is 1.21. The first-order valence-corrected chi connectivity index (χ1v) is 31.4. The van der Waals surface area contributed by atoms with E-state index >= 15 is 0 Å². The zero-order chi connectivity index (χ0) is 51.8. The average Bonchev–Trinajstić information content (AvgIpc) is 3.24. The molecule has 0 aliphatic heterocycles. The molecule has 1 aliphatic carbocycles. The first kappa shape index (κ1) is 66.7. The number of phosphoric acid groups is 4. The lowest BCUT2D eigenvalue weighted by atomic mass is 9.85. The predicted octanol–water partition coefficient (Wildman–Crippen LogP) is 8.38. The van der Waals surface area contributed by atoms with Gasteiger partial charge in [-0.3, -0.25) is 32.2 Å². The van der Waals surface area contributed by atoms with E-state index in [0.29, 0.717) is 12.8 Å². The molecule has 1 aliphatic rings. The summed E-state index contributed by atoms with van der Waals surface area (Å²) in [5, 5.41) is 21.8. The molecule has 0 aromatic heterocycles. The standard InChI is InChI=1S/C42H84O22P4S/c1-2-3-4-5-6-7-8-11-14-17-20-23-26-29-35(43)60-34(32-36(44)58-30-27-24-21-18-15-12-9-10-13-16-19-22-25-28-31-69)33-59-68(56,57)64-39-37(45)40(61-65(47,48)49)42(63-67(53,54)55)41(38(39)46)62-66(50,51)52/h34,37-42,45-46,69H,2-33H2,1H3,(H,56,57)(H2,47,48,49)(H2,50,51,52)(H2,53,54,55)/t34-,37-,38?,39?,40-,41+,42?/m1/s1. The lowest BCUT2D eigenvalue weighted by Crippen LogP contribution is -2.65. The van der Waals surface area contributed by atoms with Crippen molar-refractivity contribution in [3.05, 3.63) is 0 Å². The van der Waals surface area contributed by atoms with Crippen molar-refractivity contribution in [3.63, 3.8) is 0 Å². The number of rotatable bonds is 44. The fourth-order valence-electron chi connectivity index (χ4n) is 7.91. The van der Waals surface area contributed by atoms with Crippen molar-refractivity contribution in [3.8, 4) is 0 Å². The van der Waals surface area contributed by atoms with E-state index in [0.717, 1.165) is 70.0 Å². The van der Waals surface area contributed by atoms with Crippen LogP contribution >= 0.6 is 43.9 Å². The van der Waals surface area contributed by atoms with Crippen molar-refractivity contribution in [1.82, 2.24) is 0 Å². The molecule has 9 N–H and O–H groups in total. The summed E-state index contributed by atoms with van der Waals surface area (Å²) in [4.78, 5) is 93.1. The number of aliphatic hydroxyl groups excluding tert-OH is 2. The molecule has 0 radical (unpaired) electrons. The van der Waals surface area contributed by atoms with E-state index in [1.165, 1.54) is 96.3 Å². The quantitative estimate of drug-likeness (QED) is 0.0118. The van der Waals surface area contributed by atoms with Gasteiger partial charge < -0.3 is 53.9 Å². The molecule has 1 saturated carbocycles. The molecule has 1 fully saturated rings. The molecule has 69 heavy (non-hydrogen) atoms. The lowest BCUT2D eigenvalue weighted by molar-refractivity contribution is -0.209. The molecule has 4 unspecified atom stereocenters. The second-order valence-corrected chi connectivity index (χ2v) is 23.1.